The van der Waals surface area contributed by atoms with E-state index in [1.807, 2.05) is 6.07 Å². The Morgan fingerprint density at radius 3 is 2.67 bits per heavy atom. The molecule has 1 aliphatic heterocycles. The highest BCUT2D eigenvalue weighted by atomic mass is 19.3. The maximum absolute atomic E-state index is 12.5. The molecule has 3 nitrogen and oxygen atoms in total. The summed E-state index contributed by atoms with van der Waals surface area (Å²) in [6.45, 7) is 1.90. The zero-order valence-electron chi connectivity index (χ0n) is 10.4. The van der Waals surface area contributed by atoms with E-state index in [1.54, 1.807) is 12.3 Å². The third-order valence-corrected chi connectivity index (χ3v) is 3.30. The normalized spacial score (nSPS) is 18.1. The van der Waals surface area contributed by atoms with Crippen molar-refractivity contribution in [3.05, 3.63) is 23.9 Å². The van der Waals surface area contributed by atoms with Crippen LogP contribution in [0.15, 0.2) is 18.3 Å². The molecule has 2 N–H and O–H groups in total. The molecule has 0 spiro atoms. The first kappa shape index (κ1) is 13.2. The lowest BCUT2D eigenvalue weighted by molar-refractivity contribution is 0.116. The minimum atomic E-state index is -2.49. The molecule has 1 atom stereocenters. The number of anilines is 1. The molecule has 0 radical (unpaired) electrons. The van der Waals surface area contributed by atoms with Crippen LogP contribution in [0.4, 0.5) is 14.6 Å². The van der Waals surface area contributed by atoms with Gasteiger partial charge in [0, 0.05) is 19.3 Å². The quantitative estimate of drug-likeness (QED) is 0.897. The van der Waals surface area contributed by atoms with Crippen LogP contribution < -0.4 is 10.6 Å². The van der Waals surface area contributed by atoms with E-state index in [0.717, 1.165) is 37.3 Å². The van der Waals surface area contributed by atoms with E-state index in [2.05, 4.69) is 9.88 Å². The number of pyridine rings is 1. The van der Waals surface area contributed by atoms with Crippen LogP contribution in [0.1, 0.15) is 24.8 Å². The van der Waals surface area contributed by atoms with Gasteiger partial charge in [-0.05, 0) is 37.3 Å². The molecule has 0 saturated carbocycles. The fraction of sp³-hybridized carbons (Fsp3) is 0.615. The number of hydrogen-bond donors (Lipinski definition) is 1. The fourth-order valence-corrected chi connectivity index (χ4v) is 2.32. The molecule has 1 unspecified atom stereocenters. The first-order valence-corrected chi connectivity index (χ1v) is 6.41. The Morgan fingerprint density at radius 2 is 2.00 bits per heavy atom. The van der Waals surface area contributed by atoms with Gasteiger partial charge in [-0.3, -0.25) is 0 Å². The predicted molar refractivity (Wildman–Crippen MR) is 68.0 cm³/mol. The summed E-state index contributed by atoms with van der Waals surface area (Å²) in [7, 11) is 0. The fourth-order valence-electron chi connectivity index (χ4n) is 2.32. The summed E-state index contributed by atoms with van der Waals surface area (Å²) in [4.78, 5) is 6.52. The molecule has 1 saturated heterocycles. The van der Waals surface area contributed by atoms with Gasteiger partial charge in [0.15, 0.2) is 0 Å². The van der Waals surface area contributed by atoms with Crippen molar-refractivity contribution in [2.45, 2.75) is 38.2 Å². The Labute approximate surface area is 106 Å². The van der Waals surface area contributed by atoms with E-state index < -0.39 is 12.5 Å². The molecule has 0 bridgehead atoms. The summed E-state index contributed by atoms with van der Waals surface area (Å²) >= 11 is 0. The van der Waals surface area contributed by atoms with Gasteiger partial charge >= 0.3 is 0 Å². The second-order valence-corrected chi connectivity index (χ2v) is 4.74. The summed E-state index contributed by atoms with van der Waals surface area (Å²) in [6, 6.07) is 2.51. The summed E-state index contributed by atoms with van der Waals surface area (Å²) in [5.74, 6) is 0.827. The standard InChI is InChI=1S/C13H19F2N3/c14-12(15)11(16)9-10-5-4-6-17-13(10)18-7-2-1-3-8-18/h4-6,11-12H,1-3,7-9,16H2. The van der Waals surface area contributed by atoms with Gasteiger partial charge in [-0.2, -0.15) is 0 Å². The van der Waals surface area contributed by atoms with Gasteiger partial charge < -0.3 is 10.6 Å². The summed E-state index contributed by atoms with van der Waals surface area (Å²) in [5.41, 5.74) is 6.28. The highest BCUT2D eigenvalue weighted by molar-refractivity contribution is 5.47. The van der Waals surface area contributed by atoms with Crippen LogP contribution in [0.2, 0.25) is 0 Å². The summed E-state index contributed by atoms with van der Waals surface area (Å²) in [5, 5.41) is 0. The smallest absolute Gasteiger partial charge is 0.253 e. The lowest BCUT2D eigenvalue weighted by Gasteiger charge is -2.29. The monoisotopic (exact) mass is 255 g/mol. The first-order valence-electron chi connectivity index (χ1n) is 6.41. The van der Waals surface area contributed by atoms with Gasteiger partial charge in [-0.1, -0.05) is 6.07 Å². The van der Waals surface area contributed by atoms with E-state index in [-0.39, 0.29) is 6.42 Å². The Kier molecular flexibility index (Phi) is 4.47. The van der Waals surface area contributed by atoms with Gasteiger partial charge in [-0.15, -0.1) is 0 Å². The number of hydrogen-bond acceptors (Lipinski definition) is 3. The largest absolute Gasteiger partial charge is 0.356 e. The maximum Gasteiger partial charge on any atom is 0.253 e. The molecule has 5 heteroatoms. The van der Waals surface area contributed by atoms with Gasteiger partial charge in [0.1, 0.15) is 5.82 Å². The second-order valence-electron chi connectivity index (χ2n) is 4.74. The van der Waals surface area contributed by atoms with Crippen molar-refractivity contribution in [2.24, 2.45) is 5.73 Å². The second kappa shape index (κ2) is 6.09. The highest BCUT2D eigenvalue weighted by Gasteiger charge is 2.20. The van der Waals surface area contributed by atoms with Crippen LogP contribution in [0.5, 0.6) is 0 Å². The molecule has 0 aromatic carbocycles. The molecule has 18 heavy (non-hydrogen) atoms. The van der Waals surface area contributed by atoms with Crippen molar-refractivity contribution in [2.75, 3.05) is 18.0 Å². The number of nitrogens with zero attached hydrogens (tertiary/aromatic N) is 2. The topological polar surface area (TPSA) is 42.1 Å². The van der Waals surface area contributed by atoms with Gasteiger partial charge in [0.2, 0.25) is 0 Å². The van der Waals surface area contributed by atoms with Crippen molar-refractivity contribution < 1.29 is 8.78 Å². The van der Waals surface area contributed by atoms with Crippen molar-refractivity contribution in [1.29, 1.82) is 0 Å². The average Bonchev–Trinajstić information content (AvgIpc) is 2.40. The number of nitrogens with two attached hydrogens (primary N) is 1. The minimum absolute atomic E-state index is 0.178. The zero-order chi connectivity index (χ0) is 13.0. The van der Waals surface area contributed by atoms with Gasteiger partial charge in [0.25, 0.3) is 6.43 Å². The lowest BCUT2D eigenvalue weighted by atomic mass is 10.1. The highest BCUT2D eigenvalue weighted by Crippen LogP contribution is 2.23. The first-order chi connectivity index (χ1) is 8.68. The molecule has 1 aliphatic rings. The van der Waals surface area contributed by atoms with Crippen LogP contribution in [0.25, 0.3) is 0 Å². The third-order valence-electron chi connectivity index (χ3n) is 3.30. The van der Waals surface area contributed by atoms with Crippen LogP contribution in [-0.2, 0) is 6.42 Å². The van der Waals surface area contributed by atoms with Crippen LogP contribution in [0.3, 0.4) is 0 Å². The summed E-state index contributed by atoms with van der Waals surface area (Å²) < 4.78 is 25.1. The molecule has 1 aromatic heterocycles. The third kappa shape index (κ3) is 3.16. The molecular weight excluding hydrogens is 236 g/mol. The molecule has 1 aromatic rings. The Hall–Kier alpha value is -1.23. The maximum atomic E-state index is 12.5. The van der Waals surface area contributed by atoms with Crippen molar-refractivity contribution >= 4 is 5.82 Å². The number of halogens is 2. The van der Waals surface area contributed by atoms with E-state index >= 15 is 0 Å². The Balaban J connectivity index is 2.14. The van der Waals surface area contributed by atoms with E-state index in [0.29, 0.717) is 0 Å². The van der Waals surface area contributed by atoms with Crippen LogP contribution >= 0.6 is 0 Å². The molecule has 1 fully saturated rings. The molecule has 2 heterocycles. The molecule has 0 amide bonds. The number of alkyl halides is 2. The van der Waals surface area contributed by atoms with Crippen LogP contribution in [0, 0.1) is 0 Å². The Morgan fingerprint density at radius 1 is 1.28 bits per heavy atom. The van der Waals surface area contributed by atoms with Gasteiger partial charge in [0.05, 0.1) is 6.04 Å². The number of aromatic nitrogens is 1. The molecule has 2 rings (SSSR count). The summed E-state index contributed by atoms with van der Waals surface area (Å²) in [6.07, 6.45) is 2.90. The Bertz CT molecular complexity index is 378. The van der Waals surface area contributed by atoms with Crippen molar-refractivity contribution in [3.63, 3.8) is 0 Å². The van der Waals surface area contributed by atoms with E-state index in [4.69, 9.17) is 5.73 Å². The SMILES string of the molecule is NC(Cc1cccnc1N1CCCCC1)C(F)F. The van der Waals surface area contributed by atoms with Crippen molar-refractivity contribution in [3.8, 4) is 0 Å². The predicted octanol–water partition coefficient (Wildman–Crippen LogP) is 2.21. The number of piperidine rings is 1. The molecule has 0 aliphatic carbocycles. The van der Waals surface area contributed by atoms with Crippen molar-refractivity contribution in [1.82, 2.24) is 4.98 Å². The molecule has 100 valence electrons. The zero-order valence-corrected chi connectivity index (χ0v) is 10.4. The van der Waals surface area contributed by atoms with Crippen LogP contribution in [-0.4, -0.2) is 30.5 Å². The lowest BCUT2D eigenvalue weighted by Crippen LogP contribution is -2.34. The van der Waals surface area contributed by atoms with E-state index in [1.165, 1.54) is 6.42 Å². The van der Waals surface area contributed by atoms with E-state index in [9.17, 15) is 8.78 Å². The van der Waals surface area contributed by atoms with Gasteiger partial charge in [-0.25, -0.2) is 13.8 Å². The molecular formula is C13H19F2N3. The number of rotatable bonds is 4. The average molecular weight is 255 g/mol. The minimum Gasteiger partial charge on any atom is -0.356 e.